The van der Waals surface area contributed by atoms with Gasteiger partial charge < -0.3 is 5.11 Å². The van der Waals surface area contributed by atoms with Gasteiger partial charge in [-0.2, -0.15) is 0 Å². The molecule has 18 heavy (non-hydrogen) atoms. The van der Waals surface area contributed by atoms with Gasteiger partial charge in [-0.1, -0.05) is 12.1 Å². The van der Waals surface area contributed by atoms with Crippen molar-refractivity contribution >= 4 is 0 Å². The van der Waals surface area contributed by atoms with Crippen LogP contribution in [0.2, 0.25) is 0 Å². The van der Waals surface area contributed by atoms with Gasteiger partial charge >= 0.3 is 0 Å². The lowest BCUT2D eigenvalue weighted by Crippen LogP contribution is -2.02. The van der Waals surface area contributed by atoms with E-state index in [-0.39, 0.29) is 6.42 Å². The Morgan fingerprint density at radius 1 is 0.833 bits per heavy atom. The second-order valence-electron chi connectivity index (χ2n) is 4.05. The van der Waals surface area contributed by atoms with Gasteiger partial charge in [-0.15, -0.1) is 0 Å². The molecule has 0 saturated carbocycles. The summed E-state index contributed by atoms with van der Waals surface area (Å²) >= 11 is 0. The van der Waals surface area contributed by atoms with Gasteiger partial charge in [0.15, 0.2) is 0 Å². The normalized spacial score (nSPS) is 12.4. The zero-order valence-corrected chi connectivity index (χ0v) is 9.41. The van der Waals surface area contributed by atoms with Crippen molar-refractivity contribution in [1.29, 1.82) is 0 Å². The number of aliphatic hydroxyl groups excluding tert-OH is 1. The number of halogens is 3. The Balaban J connectivity index is 2.15. The number of hydrogen-bond acceptors (Lipinski definition) is 1. The van der Waals surface area contributed by atoms with Crippen LogP contribution in [-0.2, 0) is 6.42 Å². The topological polar surface area (TPSA) is 20.2 Å². The molecule has 0 amide bonds. The maximum atomic E-state index is 13.0. The van der Waals surface area contributed by atoms with Gasteiger partial charge in [-0.3, -0.25) is 0 Å². The second kappa shape index (κ2) is 5.23. The summed E-state index contributed by atoms with van der Waals surface area (Å²) in [5.74, 6) is -1.77. The molecular formula is C14H11F3O. The van der Waals surface area contributed by atoms with Crippen molar-refractivity contribution in [3.05, 3.63) is 71.0 Å². The summed E-state index contributed by atoms with van der Waals surface area (Å²) in [6.45, 7) is 0. The van der Waals surface area contributed by atoms with Crippen LogP contribution in [-0.4, -0.2) is 5.11 Å². The zero-order valence-electron chi connectivity index (χ0n) is 9.41. The third kappa shape index (κ3) is 3.11. The number of aliphatic hydroxyl groups is 1. The van der Waals surface area contributed by atoms with Gasteiger partial charge in [-0.25, -0.2) is 13.2 Å². The van der Waals surface area contributed by atoms with E-state index in [0.29, 0.717) is 11.1 Å². The van der Waals surface area contributed by atoms with Crippen LogP contribution in [0.3, 0.4) is 0 Å². The quantitative estimate of drug-likeness (QED) is 0.887. The molecule has 1 nitrogen and oxygen atoms in total. The molecule has 94 valence electrons. The minimum Gasteiger partial charge on any atom is -0.388 e. The molecule has 2 aromatic carbocycles. The summed E-state index contributed by atoms with van der Waals surface area (Å²) in [7, 11) is 0. The molecule has 1 atom stereocenters. The fraction of sp³-hybridized carbons (Fsp3) is 0.143. The summed E-state index contributed by atoms with van der Waals surface area (Å²) < 4.78 is 38.6. The van der Waals surface area contributed by atoms with Crippen LogP contribution in [0.4, 0.5) is 13.2 Å². The molecule has 1 N–H and O–H groups in total. The van der Waals surface area contributed by atoms with Crippen molar-refractivity contribution in [1.82, 2.24) is 0 Å². The lowest BCUT2D eigenvalue weighted by atomic mass is 10.0. The average molecular weight is 252 g/mol. The van der Waals surface area contributed by atoms with Crippen molar-refractivity contribution < 1.29 is 18.3 Å². The fourth-order valence-corrected chi connectivity index (χ4v) is 1.75. The monoisotopic (exact) mass is 252 g/mol. The Morgan fingerprint density at radius 3 is 1.94 bits per heavy atom. The largest absolute Gasteiger partial charge is 0.388 e. The first-order chi connectivity index (χ1) is 8.54. The van der Waals surface area contributed by atoms with Crippen LogP contribution in [0, 0.1) is 17.5 Å². The highest BCUT2D eigenvalue weighted by molar-refractivity contribution is 5.23. The van der Waals surface area contributed by atoms with Crippen LogP contribution in [0.25, 0.3) is 0 Å². The van der Waals surface area contributed by atoms with Gasteiger partial charge in [-0.05, 0) is 35.4 Å². The van der Waals surface area contributed by atoms with Crippen molar-refractivity contribution in [2.24, 2.45) is 0 Å². The van der Waals surface area contributed by atoms with Crippen LogP contribution in [0.1, 0.15) is 17.2 Å². The summed E-state index contributed by atoms with van der Waals surface area (Å²) in [5, 5.41) is 9.88. The second-order valence-corrected chi connectivity index (χ2v) is 4.05. The van der Waals surface area contributed by atoms with E-state index in [2.05, 4.69) is 0 Å². The standard InChI is InChI=1S/C14H11F3O/c15-11-3-1-10(2-4-11)14(18)7-9-5-12(16)8-13(17)6-9/h1-6,8,14,18H,7H2. The Hall–Kier alpha value is -1.81. The molecular weight excluding hydrogens is 241 g/mol. The van der Waals surface area contributed by atoms with Crippen molar-refractivity contribution in [2.75, 3.05) is 0 Å². The fourth-order valence-electron chi connectivity index (χ4n) is 1.75. The molecule has 0 spiro atoms. The summed E-state index contributed by atoms with van der Waals surface area (Å²) in [6.07, 6.45) is -0.855. The van der Waals surface area contributed by atoms with Crippen molar-refractivity contribution in [3.8, 4) is 0 Å². The SMILES string of the molecule is OC(Cc1cc(F)cc(F)c1)c1ccc(F)cc1. The summed E-state index contributed by atoms with van der Waals surface area (Å²) in [6, 6.07) is 8.43. The lowest BCUT2D eigenvalue weighted by molar-refractivity contribution is 0.178. The molecule has 0 bridgehead atoms. The zero-order chi connectivity index (χ0) is 13.1. The Bertz CT molecular complexity index is 517. The lowest BCUT2D eigenvalue weighted by Gasteiger charge is -2.11. The predicted octanol–water partition coefficient (Wildman–Crippen LogP) is 3.38. The molecule has 0 radical (unpaired) electrons. The Morgan fingerprint density at radius 2 is 1.39 bits per heavy atom. The molecule has 0 saturated heterocycles. The first-order valence-electron chi connectivity index (χ1n) is 5.43. The molecule has 0 aliphatic carbocycles. The van der Waals surface area contributed by atoms with Crippen LogP contribution in [0.5, 0.6) is 0 Å². The highest BCUT2D eigenvalue weighted by Gasteiger charge is 2.10. The molecule has 1 unspecified atom stereocenters. The molecule has 0 aliphatic heterocycles. The maximum Gasteiger partial charge on any atom is 0.126 e. The minimum absolute atomic E-state index is 0.0698. The van der Waals surface area contributed by atoms with Gasteiger partial charge in [0.1, 0.15) is 17.5 Å². The number of benzene rings is 2. The third-order valence-electron chi connectivity index (χ3n) is 2.61. The van der Waals surface area contributed by atoms with Gasteiger partial charge in [0.05, 0.1) is 6.10 Å². The molecule has 0 aromatic heterocycles. The van der Waals surface area contributed by atoms with E-state index < -0.39 is 23.6 Å². The Labute approximate surface area is 103 Å². The van der Waals surface area contributed by atoms with Crippen LogP contribution in [0.15, 0.2) is 42.5 Å². The van der Waals surface area contributed by atoms with E-state index in [0.717, 1.165) is 18.2 Å². The minimum atomic E-state index is -0.924. The highest BCUT2D eigenvalue weighted by Crippen LogP contribution is 2.19. The molecule has 2 aromatic rings. The van der Waals surface area contributed by atoms with Crippen molar-refractivity contribution in [3.63, 3.8) is 0 Å². The summed E-state index contributed by atoms with van der Waals surface area (Å²) in [4.78, 5) is 0. The first-order valence-corrected chi connectivity index (χ1v) is 5.43. The number of rotatable bonds is 3. The van der Waals surface area contributed by atoms with Crippen molar-refractivity contribution in [2.45, 2.75) is 12.5 Å². The first kappa shape index (κ1) is 12.6. The van der Waals surface area contributed by atoms with Crippen LogP contribution < -0.4 is 0 Å². The maximum absolute atomic E-state index is 13.0. The van der Waals surface area contributed by atoms with Gasteiger partial charge in [0.2, 0.25) is 0 Å². The van der Waals surface area contributed by atoms with E-state index in [1.54, 1.807) is 0 Å². The van der Waals surface area contributed by atoms with E-state index in [4.69, 9.17) is 0 Å². The molecule has 0 fully saturated rings. The molecule has 4 heteroatoms. The molecule has 0 aliphatic rings. The molecule has 2 rings (SSSR count). The van der Waals surface area contributed by atoms with E-state index in [1.165, 1.54) is 24.3 Å². The number of hydrogen-bond donors (Lipinski definition) is 1. The van der Waals surface area contributed by atoms with Crippen LogP contribution >= 0.6 is 0 Å². The highest BCUT2D eigenvalue weighted by atomic mass is 19.1. The van der Waals surface area contributed by atoms with E-state index in [9.17, 15) is 18.3 Å². The molecule has 0 heterocycles. The predicted molar refractivity (Wildman–Crippen MR) is 61.4 cm³/mol. The van der Waals surface area contributed by atoms with E-state index >= 15 is 0 Å². The third-order valence-corrected chi connectivity index (χ3v) is 2.61. The average Bonchev–Trinajstić information content (AvgIpc) is 2.28. The van der Waals surface area contributed by atoms with Gasteiger partial charge in [0, 0.05) is 12.5 Å². The van der Waals surface area contributed by atoms with E-state index in [1.807, 2.05) is 0 Å². The van der Waals surface area contributed by atoms with Gasteiger partial charge in [0.25, 0.3) is 0 Å². The smallest absolute Gasteiger partial charge is 0.126 e. The summed E-state index contributed by atoms with van der Waals surface area (Å²) in [5.41, 5.74) is 0.852. The Kier molecular flexibility index (Phi) is 3.67.